The number of carbonyl (C=O) groups is 2. The van der Waals surface area contributed by atoms with Crippen molar-refractivity contribution in [1.82, 2.24) is 0 Å². The van der Waals surface area contributed by atoms with E-state index >= 15 is 4.79 Å². The van der Waals surface area contributed by atoms with Gasteiger partial charge in [0.25, 0.3) is 0 Å². The molecule has 3 atom stereocenters. The van der Waals surface area contributed by atoms with Crippen LogP contribution in [0.3, 0.4) is 0 Å². The maximum Gasteiger partial charge on any atom is 0.175 e. The van der Waals surface area contributed by atoms with Crippen molar-refractivity contribution in [2.75, 3.05) is 0 Å². The Balaban J connectivity index is 1.61. The summed E-state index contributed by atoms with van der Waals surface area (Å²) in [7, 11) is 0. The van der Waals surface area contributed by atoms with Crippen molar-refractivity contribution in [3.05, 3.63) is 178 Å². The third-order valence-corrected chi connectivity index (χ3v) is 8.38. The summed E-state index contributed by atoms with van der Waals surface area (Å²) in [5, 5.41) is 0. The molecular weight excluding hydrogens is 476 g/mol. The summed E-state index contributed by atoms with van der Waals surface area (Å²) in [5.41, 5.74) is 6.15. The van der Waals surface area contributed by atoms with Crippen molar-refractivity contribution in [3.63, 3.8) is 0 Å². The second-order valence-electron chi connectivity index (χ2n) is 10.3. The van der Waals surface area contributed by atoms with Gasteiger partial charge in [-0.2, -0.15) is 0 Å². The van der Waals surface area contributed by atoms with Crippen LogP contribution in [0.4, 0.5) is 0 Å². The Hall–Kier alpha value is -4.82. The van der Waals surface area contributed by atoms with Gasteiger partial charge in [-0.3, -0.25) is 9.59 Å². The topological polar surface area (TPSA) is 34.1 Å². The molecule has 0 aliphatic heterocycles. The second kappa shape index (κ2) is 9.18. The van der Waals surface area contributed by atoms with Gasteiger partial charge >= 0.3 is 0 Å². The van der Waals surface area contributed by atoms with Crippen LogP contribution in [0, 0.1) is 5.41 Å². The van der Waals surface area contributed by atoms with E-state index in [0.29, 0.717) is 11.1 Å². The van der Waals surface area contributed by atoms with Crippen molar-refractivity contribution in [1.29, 1.82) is 0 Å². The zero-order valence-electron chi connectivity index (χ0n) is 21.3. The summed E-state index contributed by atoms with van der Waals surface area (Å²) in [6.07, 6.45) is 2.14. The van der Waals surface area contributed by atoms with Gasteiger partial charge in [0.2, 0.25) is 0 Å². The first-order chi connectivity index (χ1) is 19.2. The largest absolute Gasteiger partial charge is 0.293 e. The molecule has 2 aliphatic carbocycles. The van der Waals surface area contributed by atoms with Crippen molar-refractivity contribution in [3.8, 4) is 0 Å². The monoisotopic (exact) mass is 502 g/mol. The standard InChI is InChI=1S/C37H26O2/c38-35(26-16-6-2-7-17-26)34-31-23-13-12-22-30(31)33-29-21-11-10-20-28(29)32(24-25-14-4-1-5-15-25)37(33,34)36(39)27-18-8-3-9-19-27/h1-24,33-34H/b32-24+/t33-,34-,37+/m1/s1. The average Bonchev–Trinajstić information content (AvgIpc) is 3.46. The van der Waals surface area contributed by atoms with E-state index in [9.17, 15) is 4.79 Å². The summed E-state index contributed by atoms with van der Waals surface area (Å²) < 4.78 is 0. The third kappa shape index (κ3) is 3.42. The number of carbonyl (C=O) groups excluding carboxylic acids is 2. The molecule has 0 heterocycles. The average molecular weight is 503 g/mol. The Morgan fingerprint density at radius 1 is 0.538 bits per heavy atom. The van der Waals surface area contributed by atoms with Crippen LogP contribution in [0.25, 0.3) is 11.6 Å². The van der Waals surface area contributed by atoms with Crippen LogP contribution in [0.2, 0.25) is 0 Å². The van der Waals surface area contributed by atoms with Gasteiger partial charge in [-0.05, 0) is 33.4 Å². The van der Waals surface area contributed by atoms with E-state index in [0.717, 1.165) is 33.4 Å². The molecule has 2 heteroatoms. The second-order valence-corrected chi connectivity index (χ2v) is 10.3. The molecule has 0 saturated heterocycles. The number of rotatable bonds is 5. The maximum atomic E-state index is 15.1. The Bertz CT molecular complexity index is 1730. The van der Waals surface area contributed by atoms with Gasteiger partial charge in [0.15, 0.2) is 11.6 Å². The van der Waals surface area contributed by atoms with Crippen molar-refractivity contribution in [2.24, 2.45) is 5.41 Å². The SMILES string of the molecule is O=C(c1ccccc1)[C@H]1c2ccccc2[C@H]2c3ccccc3/C(=C\c3ccccc3)[C@]21C(=O)c1ccccc1. The quantitative estimate of drug-likeness (QED) is 0.227. The third-order valence-electron chi connectivity index (χ3n) is 8.38. The minimum absolute atomic E-state index is 0.0167. The van der Waals surface area contributed by atoms with Crippen molar-refractivity contribution >= 4 is 23.2 Å². The molecule has 0 bridgehead atoms. The van der Waals surface area contributed by atoms with Gasteiger partial charge in [-0.1, -0.05) is 146 Å². The number of hydrogen-bond donors (Lipinski definition) is 0. The van der Waals surface area contributed by atoms with E-state index < -0.39 is 11.3 Å². The Morgan fingerprint density at radius 2 is 1.05 bits per heavy atom. The Kier molecular flexibility index (Phi) is 5.49. The summed E-state index contributed by atoms with van der Waals surface area (Å²) in [4.78, 5) is 29.8. The van der Waals surface area contributed by atoms with Gasteiger partial charge in [-0.15, -0.1) is 0 Å². The lowest BCUT2D eigenvalue weighted by Gasteiger charge is -2.36. The molecular formula is C37H26O2. The van der Waals surface area contributed by atoms with Crippen LogP contribution in [-0.2, 0) is 0 Å². The van der Waals surface area contributed by atoms with Gasteiger partial charge < -0.3 is 0 Å². The first-order valence-corrected chi connectivity index (χ1v) is 13.4. The van der Waals surface area contributed by atoms with E-state index in [1.165, 1.54) is 0 Å². The van der Waals surface area contributed by atoms with Crippen LogP contribution in [0.15, 0.2) is 140 Å². The molecule has 0 N–H and O–H groups in total. The van der Waals surface area contributed by atoms with Crippen molar-refractivity contribution < 1.29 is 9.59 Å². The maximum absolute atomic E-state index is 15.1. The minimum atomic E-state index is -1.13. The van der Waals surface area contributed by atoms with Crippen molar-refractivity contribution in [2.45, 2.75) is 11.8 Å². The van der Waals surface area contributed by atoms with Crippen LogP contribution >= 0.6 is 0 Å². The number of Topliss-reactive ketones (excluding diaryl/α,β-unsaturated/α-hetero) is 2. The van der Waals surface area contributed by atoms with Crippen LogP contribution < -0.4 is 0 Å². The summed E-state index contributed by atoms with van der Waals surface area (Å²) in [5.74, 6) is -0.986. The molecule has 5 aromatic carbocycles. The zero-order valence-corrected chi connectivity index (χ0v) is 21.3. The number of hydrogen-bond acceptors (Lipinski definition) is 2. The van der Waals surface area contributed by atoms with E-state index in [1.54, 1.807) is 0 Å². The molecule has 39 heavy (non-hydrogen) atoms. The summed E-state index contributed by atoms with van der Waals surface area (Å²) >= 11 is 0. The number of allylic oxidation sites excluding steroid dienone is 1. The molecule has 5 aromatic rings. The van der Waals surface area contributed by atoms with Gasteiger partial charge in [0, 0.05) is 17.0 Å². The highest BCUT2D eigenvalue weighted by molar-refractivity contribution is 6.20. The van der Waals surface area contributed by atoms with Crippen LogP contribution in [0.1, 0.15) is 60.4 Å². The first kappa shape index (κ1) is 23.3. The van der Waals surface area contributed by atoms with E-state index in [4.69, 9.17) is 0 Å². The Labute approximate surface area is 228 Å². The fourth-order valence-corrected chi connectivity index (χ4v) is 6.88. The molecule has 0 radical (unpaired) electrons. The Morgan fingerprint density at radius 3 is 1.72 bits per heavy atom. The molecule has 0 saturated carbocycles. The molecule has 7 rings (SSSR count). The molecule has 2 aliphatic rings. The molecule has 0 aromatic heterocycles. The van der Waals surface area contributed by atoms with E-state index in [-0.39, 0.29) is 17.5 Å². The highest BCUT2D eigenvalue weighted by Crippen LogP contribution is 2.70. The lowest BCUT2D eigenvalue weighted by atomic mass is 9.61. The predicted molar refractivity (Wildman–Crippen MR) is 156 cm³/mol. The number of ketones is 2. The van der Waals surface area contributed by atoms with Gasteiger partial charge in [0.1, 0.15) is 0 Å². The van der Waals surface area contributed by atoms with Crippen LogP contribution in [-0.4, -0.2) is 11.6 Å². The number of fused-ring (bicyclic) bond motifs is 5. The highest BCUT2D eigenvalue weighted by Gasteiger charge is 2.66. The summed E-state index contributed by atoms with van der Waals surface area (Å²) in [6, 6.07) is 45.5. The molecule has 0 amide bonds. The predicted octanol–water partition coefficient (Wildman–Crippen LogP) is 8.22. The lowest BCUT2D eigenvalue weighted by molar-refractivity contribution is 0.0761. The summed E-state index contributed by atoms with van der Waals surface area (Å²) in [6.45, 7) is 0. The minimum Gasteiger partial charge on any atom is -0.293 e. The van der Waals surface area contributed by atoms with Gasteiger partial charge in [-0.25, -0.2) is 0 Å². The molecule has 186 valence electrons. The lowest BCUT2D eigenvalue weighted by Crippen LogP contribution is -2.40. The fraction of sp³-hybridized carbons (Fsp3) is 0.0811. The highest BCUT2D eigenvalue weighted by atomic mass is 16.1. The molecule has 0 unspecified atom stereocenters. The first-order valence-electron chi connectivity index (χ1n) is 13.4. The van der Waals surface area contributed by atoms with Gasteiger partial charge in [0.05, 0.1) is 11.3 Å². The smallest absolute Gasteiger partial charge is 0.175 e. The normalized spacial score (nSPS) is 21.7. The van der Waals surface area contributed by atoms with E-state index in [1.807, 2.05) is 109 Å². The van der Waals surface area contributed by atoms with Crippen LogP contribution in [0.5, 0.6) is 0 Å². The zero-order chi connectivity index (χ0) is 26.4. The molecule has 0 fully saturated rings. The fourth-order valence-electron chi connectivity index (χ4n) is 6.88. The molecule has 0 spiro atoms. The molecule has 2 nitrogen and oxygen atoms in total. The number of benzene rings is 5. The van der Waals surface area contributed by atoms with E-state index in [2.05, 4.69) is 36.4 Å².